The number of hydrogen-bond acceptors (Lipinski definition) is 9. The highest BCUT2D eigenvalue weighted by Crippen LogP contribution is 2.35. The highest BCUT2D eigenvalue weighted by molar-refractivity contribution is 7.98. The van der Waals surface area contributed by atoms with E-state index in [2.05, 4.69) is 25.6 Å². The second kappa shape index (κ2) is 12.1. The zero-order valence-electron chi connectivity index (χ0n) is 20.7. The van der Waals surface area contributed by atoms with Crippen molar-refractivity contribution in [3.05, 3.63) is 84.4 Å². The molecule has 0 atom stereocenters. The van der Waals surface area contributed by atoms with Crippen LogP contribution in [0, 0.1) is 5.92 Å². The minimum Gasteiger partial charge on any atom is -0.308 e. The normalized spacial score (nSPS) is 13.7. The maximum absolute atomic E-state index is 13.4. The molecule has 2 amide bonds. The third kappa shape index (κ3) is 6.52. The number of carbonyl (C=O) groups is 2. The first-order valence-corrected chi connectivity index (χ1v) is 15.6. The summed E-state index contributed by atoms with van der Waals surface area (Å²) >= 11 is 2.31. The van der Waals surface area contributed by atoms with E-state index in [1.807, 2.05) is 30.3 Å². The molecule has 3 aromatic heterocycles. The van der Waals surface area contributed by atoms with Crippen molar-refractivity contribution in [2.24, 2.45) is 5.92 Å². The van der Waals surface area contributed by atoms with Gasteiger partial charge in [-0.25, -0.2) is 23.2 Å². The van der Waals surface area contributed by atoms with Crippen LogP contribution in [-0.4, -0.2) is 35.2 Å². The number of pyridine rings is 2. The summed E-state index contributed by atoms with van der Waals surface area (Å²) in [5.74, 6) is 0.243. The van der Waals surface area contributed by atoms with Crippen molar-refractivity contribution in [3.8, 4) is 0 Å². The van der Waals surface area contributed by atoms with E-state index < -0.39 is 15.9 Å². The minimum atomic E-state index is -3.96. The van der Waals surface area contributed by atoms with Crippen molar-refractivity contribution >= 4 is 55.6 Å². The number of sulfone groups is 1. The third-order valence-electron chi connectivity index (χ3n) is 6.15. The average molecular weight is 580 g/mol. The lowest BCUT2D eigenvalue weighted by Gasteiger charge is -2.09. The van der Waals surface area contributed by atoms with E-state index >= 15 is 0 Å². The number of anilines is 2. The van der Waals surface area contributed by atoms with Crippen LogP contribution in [-0.2, 0) is 15.6 Å². The van der Waals surface area contributed by atoms with Crippen molar-refractivity contribution in [3.63, 3.8) is 0 Å². The third-order valence-corrected chi connectivity index (χ3v) is 10.4. The Morgan fingerprint density at radius 1 is 0.949 bits per heavy atom. The van der Waals surface area contributed by atoms with Crippen LogP contribution in [0.25, 0.3) is 0 Å². The Morgan fingerprint density at radius 3 is 2.46 bits per heavy atom. The molecule has 1 aliphatic rings. The lowest BCUT2D eigenvalue weighted by molar-refractivity contribution is 0.0917. The average Bonchev–Trinajstić information content (AvgIpc) is 3.64. The number of nitrogens with zero attached hydrogens (tertiary/aromatic N) is 3. The molecule has 2 N–H and O–H groups in total. The predicted octanol–water partition coefficient (Wildman–Crippen LogP) is 6.08. The van der Waals surface area contributed by atoms with E-state index in [-0.39, 0.29) is 31.8 Å². The zero-order chi connectivity index (χ0) is 27.2. The molecule has 1 fully saturated rings. The van der Waals surface area contributed by atoms with Crippen molar-refractivity contribution in [2.75, 3.05) is 10.6 Å². The van der Waals surface area contributed by atoms with Crippen LogP contribution < -0.4 is 10.6 Å². The minimum absolute atomic E-state index is 0.0126. The summed E-state index contributed by atoms with van der Waals surface area (Å²) in [5.41, 5.74) is 1.04. The van der Waals surface area contributed by atoms with Crippen LogP contribution in [0.5, 0.6) is 0 Å². The first kappa shape index (κ1) is 27.0. The van der Waals surface area contributed by atoms with Gasteiger partial charge in [0, 0.05) is 34.6 Å². The van der Waals surface area contributed by atoms with Gasteiger partial charge in [0.1, 0.15) is 5.69 Å². The summed E-state index contributed by atoms with van der Waals surface area (Å²) in [5, 5.41) is 5.36. The first-order chi connectivity index (χ1) is 18.9. The van der Waals surface area contributed by atoms with Crippen LogP contribution in [0.1, 0.15) is 41.9 Å². The summed E-state index contributed by atoms with van der Waals surface area (Å²) < 4.78 is 26.8. The molecule has 1 saturated carbocycles. The molecule has 0 spiro atoms. The molecule has 0 unspecified atom stereocenters. The number of urea groups is 1. The van der Waals surface area contributed by atoms with Crippen LogP contribution in [0.2, 0.25) is 0 Å². The van der Waals surface area contributed by atoms with Gasteiger partial charge in [0.25, 0.3) is 0 Å². The van der Waals surface area contributed by atoms with Crippen molar-refractivity contribution in [1.29, 1.82) is 0 Å². The number of aromatic nitrogens is 3. The summed E-state index contributed by atoms with van der Waals surface area (Å²) in [7, 11) is -3.96. The maximum Gasteiger partial charge on any atom is 0.325 e. The van der Waals surface area contributed by atoms with Crippen LogP contribution in [0.4, 0.5) is 15.6 Å². The van der Waals surface area contributed by atoms with Gasteiger partial charge in [-0.05, 0) is 49.2 Å². The first-order valence-electron chi connectivity index (χ1n) is 12.3. The van der Waals surface area contributed by atoms with Crippen molar-refractivity contribution < 1.29 is 18.0 Å². The van der Waals surface area contributed by atoms with Gasteiger partial charge in [-0.2, -0.15) is 0 Å². The molecule has 0 bridgehead atoms. The number of ketones is 1. The molecular weight excluding hydrogens is 555 g/mol. The quantitative estimate of drug-likeness (QED) is 0.180. The summed E-state index contributed by atoms with van der Waals surface area (Å²) in [6.07, 6.45) is 6.69. The molecule has 1 aromatic carbocycles. The zero-order valence-corrected chi connectivity index (χ0v) is 23.2. The fourth-order valence-electron chi connectivity index (χ4n) is 4.26. The molecule has 9 nitrogen and oxygen atoms in total. The molecule has 1 aliphatic carbocycles. The number of hydrogen-bond donors (Lipinski definition) is 2. The van der Waals surface area contributed by atoms with E-state index in [1.165, 1.54) is 30.2 Å². The molecule has 0 saturated heterocycles. The monoisotopic (exact) mass is 579 g/mol. The van der Waals surface area contributed by atoms with Crippen LogP contribution in [0.3, 0.4) is 0 Å². The Hall–Kier alpha value is -3.61. The number of Topliss-reactive ketones (excluding diaryl/α,β-unsaturated/α-hetero) is 1. The molecule has 4 aromatic rings. The van der Waals surface area contributed by atoms with Gasteiger partial charge in [-0.3, -0.25) is 15.1 Å². The van der Waals surface area contributed by atoms with Gasteiger partial charge >= 0.3 is 6.03 Å². The lowest BCUT2D eigenvalue weighted by atomic mass is 9.99. The van der Waals surface area contributed by atoms with Crippen molar-refractivity contribution in [2.45, 2.75) is 45.6 Å². The van der Waals surface area contributed by atoms with E-state index in [0.29, 0.717) is 17.1 Å². The number of carbonyl (C=O) groups excluding carboxylic acids is 2. The fraction of sp³-hybridized carbons (Fsp3) is 0.222. The SMILES string of the molecule is O=C(Nc1ccnc(C(=O)C2CCCC2)c1)Nc1nc(CSc2ccccc2)c(S(=O)(=O)c2ccccn2)s1. The van der Waals surface area contributed by atoms with Crippen LogP contribution in [0.15, 0.2) is 87.2 Å². The van der Waals surface area contributed by atoms with E-state index in [1.54, 1.807) is 24.3 Å². The number of thioether (sulfide) groups is 1. The summed E-state index contributed by atoms with van der Waals surface area (Å²) in [4.78, 5) is 39.1. The van der Waals surface area contributed by atoms with Crippen LogP contribution >= 0.6 is 23.1 Å². The highest BCUT2D eigenvalue weighted by atomic mass is 32.2. The van der Waals surface area contributed by atoms with Gasteiger partial charge in [-0.1, -0.05) is 48.4 Å². The van der Waals surface area contributed by atoms with E-state index in [9.17, 15) is 18.0 Å². The number of rotatable bonds is 9. The van der Waals surface area contributed by atoms with Gasteiger partial charge in [-0.15, -0.1) is 11.8 Å². The Bertz CT molecular complexity index is 1570. The second-order valence-electron chi connectivity index (χ2n) is 8.88. The molecular formula is C27H25N5O4S3. The Kier molecular flexibility index (Phi) is 8.34. The molecule has 3 heterocycles. The van der Waals surface area contributed by atoms with Gasteiger partial charge in [0.05, 0.1) is 5.69 Å². The Morgan fingerprint density at radius 2 is 1.72 bits per heavy atom. The fourth-order valence-corrected chi connectivity index (χ4v) is 8.02. The lowest BCUT2D eigenvalue weighted by Crippen LogP contribution is -2.20. The number of benzene rings is 1. The van der Waals surface area contributed by atoms with Gasteiger partial charge in [0.15, 0.2) is 20.1 Å². The van der Waals surface area contributed by atoms with Gasteiger partial charge in [0.2, 0.25) is 9.84 Å². The smallest absolute Gasteiger partial charge is 0.308 e. The Balaban J connectivity index is 1.35. The standard InChI is InChI=1S/C27H25N5O4S3/c33-24(18-8-4-5-9-18)21-16-19(13-15-28-21)30-26(34)32-27-31-22(17-37-20-10-2-1-3-11-20)25(38-27)39(35,36)23-12-6-7-14-29-23/h1-3,6-7,10-16,18H,4-5,8-9,17H2,(H2,28,30,31,32,34). The van der Waals surface area contributed by atoms with Gasteiger partial charge < -0.3 is 5.32 Å². The molecule has 39 heavy (non-hydrogen) atoms. The summed E-state index contributed by atoms with van der Waals surface area (Å²) in [6.45, 7) is 0. The largest absolute Gasteiger partial charge is 0.325 e. The van der Waals surface area contributed by atoms with E-state index in [4.69, 9.17) is 0 Å². The predicted molar refractivity (Wildman–Crippen MR) is 151 cm³/mol. The Labute approximate surface area is 234 Å². The second-order valence-corrected chi connectivity index (χ2v) is 13.0. The number of amides is 2. The molecule has 200 valence electrons. The molecule has 0 aliphatic heterocycles. The summed E-state index contributed by atoms with van der Waals surface area (Å²) in [6, 6.07) is 16.8. The maximum atomic E-state index is 13.4. The molecule has 5 rings (SSSR count). The topological polar surface area (TPSA) is 131 Å². The molecule has 12 heteroatoms. The van der Waals surface area contributed by atoms with E-state index in [0.717, 1.165) is 41.9 Å². The number of thiazole rings is 1. The number of nitrogens with one attached hydrogen (secondary N) is 2. The molecule has 0 radical (unpaired) electrons. The van der Waals surface area contributed by atoms with Crippen molar-refractivity contribution in [1.82, 2.24) is 15.0 Å². The highest BCUT2D eigenvalue weighted by Gasteiger charge is 2.28.